The molecule has 0 saturated heterocycles. The van der Waals surface area contributed by atoms with Crippen LogP contribution in [0.2, 0.25) is 0 Å². The number of hydrogen-bond acceptors (Lipinski definition) is 0. The Hall–Kier alpha value is 1.92. The average molecular weight is 388 g/mol. The molecule has 0 spiro atoms. The Kier molecular flexibility index (Phi) is 8.03. The molecule has 4 heteroatoms. The summed E-state index contributed by atoms with van der Waals surface area (Å²) >= 11 is 13.6. The molecule has 56 valence electrons. The van der Waals surface area contributed by atoms with E-state index in [9.17, 15) is 0 Å². The van der Waals surface area contributed by atoms with Crippen molar-refractivity contribution >= 4 is 63.7 Å². The van der Waals surface area contributed by atoms with Gasteiger partial charge in [0, 0.05) is 0 Å². The number of rotatable bonds is 4. The van der Waals surface area contributed by atoms with Crippen molar-refractivity contribution in [3.05, 3.63) is 0 Å². The zero-order chi connectivity index (χ0) is 7.28. The quantitative estimate of drug-likeness (QED) is 0.628. The van der Waals surface area contributed by atoms with Gasteiger partial charge < -0.3 is 0 Å². The van der Waals surface area contributed by atoms with E-state index in [-0.39, 0.29) is 0 Å². The maximum Gasteiger partial charge on any atom is 0.0697 e. The molecule has 9 heavy (non-hydrogen) atoms. The Balaban J connectivity index is 2.91. The third kappa shape index (κ3) is 9.92. The first-order chi connectivity index (χ1) is 4.13. The number of alkyl halides is 4. The zero-order valence-corrected chi connectivity index (χ0v) is 11.1. The van der Waals surface area contributed by atoms with Crippen molar-refractivity contribution in [2.45, 2.75) is 26.7 Å². The first-order valence-electron chi connectivity index (χ1n) is 2.69. The van der Waals surface area contributed by atoms with Gasteiger partial charge in [0.15, 0.2) is 0 Å². The van der Waals surface area contributed by atoms with Gasteiger partial charge in [0.05, 0.1) is 7.47 Å². The fraction of sp³-hybridized carbons (Fsp3) is 1.00. The lowest BCUT2D eigenvalue weighted by Crippen LogP contribution is -1.89. The second-order valence-electron chi connectivity index (χ2n) is 1.71. The first kappa shape index (κ1) is 10.9. The van der Waals surface area contributed by atoms with Gasteiger partial charge in [0.1, 0.15) is 0 Å². The summed E-state index contributed by atoms with van der Waals surface area (Å²) in [5.74, 6) is 0. The highest BCUT2D eigenvalue weighted by atomic mass is 79.9. The molecule has 0 N–H and O–H groups in total. The SMILES string of the molecule is BrC(Br)CCCC(Br)Br. The molecule has 0 aliphatic carbocycles. The molecule has 0 amide bonds. The van der Waals surface area contributed by atoms with Crippen molar-refractivity contribution in [3.63, 3.8) is 0 Å². The molecule has 0 radical (unpaired) electrons. The molecular weight excluding hydrogens is 380 g/mol. The fourth-order valence-corrected chi connectivity index (χ4v) is 1.72. The predicted molar refractivity (Wildman–Crippen MR) is 57.1 cm³/mol. The van der Waals surface area contributed by atoms with E-state index >= 15 is 0 Å². The molecular formula is C5H8Br4. The fourth-order valence-electron chi connectivity index (χ4n) is 0.426. The zero-order valence-electron chi connectivity index (χ0n) is 4.79. The standard InChI is InChI=1S/C5H8Br4/c6-4(7)2-1-3-5(8)9/h4-5H,1-3H2. The van der Waals surface area contributed by atoms with Gasteiger partial charge in [-0.3, -0.25) is 0 Å². The molecule has 0 unspecified atom stereocenters. The average Bonchev–Trinajstić information content (AvgIpc) is 1.63. The van der Waals surface area contributed by atoms with Gasteiger partial charge in [-0.2, -0.15) is 0 Å². The van der Waals surface area contributed by atoms with Crippen LogP contribution in [-0.4, -0.2) is 7.47 Å². The van der Waals surface area contributed by atoms with E-state index in [2.05, 4.69) is 63.7 Å². The summed E-state index contributed by atoms with van der Waals surface area (Å²) in [5, 5.41) is 0. The normalized spacial score (nSPS) is 11.3. The summed E-state index contributed by atoms with van der Waals surface area (Å²) in [6.07, 6.45) is 3.57. The minimum atomic E-state index is 0.476. The van der Waals surface area contributed by atoms with Crippen molar-refractivity contribution in [1.82, 2.24) is 0 Å². The Morgan fingerprint density at radius 1 is 0.778 bits per heavy atom. The largest absolute Gasteiger partial charge is 0.0765 e. The van der Waals surface area contributed by atoms with Crippen molar-refractivity contribution in [3.8, 4) is 0 Å². The smallest absolute Gasteiger partial charge is 0.0697 e. The third-order valence-electron chi connectivity index (χ3n) is 0.845. The lowest BCUT2D eigenvalue weighted by molar-refractivity contribution is 0.769. The van der Waals surface area contributed by atoms with Crippen molar-refractivity contribution in [2.75, 3.05) is 0 Å². The highest BCUT2D eigenvalue weighted by molar-refractivity contribution is 9.25. The van der Waals surface area contributed by atoms with Crippen LogP contribution in [0.5, 0.6) is 0 Å². The molecule has 0 aliphatic heterocycles. The molecule has 0 atom stereocenters. The molecule has 0 nitrogen and oxygen atoms in total. The van der Waals surface area contributed by atoms with E-state index < -0.39 is 0 Å². The van der Waals surface area contributed by atoms with E-state index in [0.717, 1.165) is 0 Å². The van der Waals surface area contributed by atoms with E-state index in [1.165, 1.54) is 19.3 Å². The lowest BCUT2D eigenvalue weighted by Gasteiger charge is -2.01. The van der Waals surface area contributed by atoms with Crippen molar-refractivity contribution < 1.29 is 0 Å². The summed E-state index contributed by atoms with van der Waals surface area (Å²) in [5.41, 5.74) is 0. The lowest BCUT2D eigenvalue weighted by atomic mass is 10.3. The van der Waals surface area contributed by atoms with Crippen LogP contribution in [0.1, 0.15) is 19.3 Å². The summed E-state index contributed by atoms with van der Waals surface area (Å²) in [4.78, 5) is 0. The van der Waals surface area contributed by atoms with E-state index in [1.54, 1.807) is 0 Å². The van der Waals surface area contributed by atoms with E-state index in [1.807, 2.05) is 0 Å². The third-order valence-corrected chi connectivity index (χ3v) is 2.68. The molecule has 0 aromatic rings. The molecule has 0 aromatic heterocycles. The van der Waals surface area contributed by atoms with Gasteiger partial charge in [0.2, 0.25) is 0 Å². The Morgan fingerprint density at radius 2 is 1.11 bits per heavy atom. The van der Waals surface area contributed by atoms with Gasteiger partial charge in [-0.15, -0.1) is 0 Å². The van der Waals surface area contributed by atoms with E-state index in [0.29, 0.717) is 7.47 Å². The van der Waals surface area contributed by atoms with Crippen molar-refractivity contribution in [1.29, 1.82) is 0 Å². The molecule has 0 aliphatic rings. The summed E-state index contributed by atoms with van der Waals surface area (Å²) in [7, 11) is 0. The molecule has 0 aromatic carbocycles. The minimum Gasteiger partial charge on any atom is -0.0765 e. The van der Waals surface area contributed by atoms with Gasteiger partial charge >= 0.3 is 0 Å². The molecule has 0 heterocycles. The van der Waals surface area contributed by atoms with Crippen LogP contribution < -0.4 is 0 Å². The van der Waals surface area contributed by atoms with Gasteiger partial charge in [0.25, 0.3) is 0 Å². The van der Waals surface area contributed by atoms with Crippen molar-refractivity contribution in [2.24, 2.45) is 0 Å². The second-order valence-corrected chi connectivity index (χ2v) is 8.59. The second kappa shape index (κ2) is 6.62. The topological polar surface area (TPSA) is 0 Å². The predicted octanol–water partition coefficient (Wildman–Crippen LogP) is 4.39. The first-order valence-corrected chi connectivity index (χ1v) is 6.35. The Bertz CT molecular complexity index is 54.0. The summed E-state index contributed by atoms with van der Waals surface area (Å²) < 4.78 is 0.951. The van der Waals surface area contributed by atoms with Crippen LogP contribution in [0.4, 0.5) is 0 Å². The van der Waals surface area contributed by atoms with Crippen LogP contribution >= 0.6 is 63.7 Å². The van der Waals surface area contributed by atoms with Gasteiger partial charge in [-0.05, 0) is 19.3 Å². The summed E-state index contributed by atoms with van der Waals surface area (Å²) in [6, 6.07) is 0. The maximum atomic E-state index is 3.41. The van der Waals surface area contributed by atoms with Gasteiger partial charge in [-0.25, -0.2) is 0 Å². The van der Waals surface area contributed by atoms with Crippen LogP contribution in [-0.2, 0) is 0 Å². The molecule has 0 saturated carbocycles. The highest BCUT2D eigenvalue weighted by Gasteiger charge is 2.00. The van der Waals surface area contributed by atoms with Gasteiger partial charge in [-0.1, -0.05) is 63.7 Å². The Morgan fingerprint density at radius 3 is 1.33 bits per heavy atom. The van der Waals surface area contributed by atoms with E-state index in [4.69, 9.17) is 0 Å². The summed E-state index contributed by atoms with van der Waals surface area (Å²) in [6.45, 7) is 0. The minimum absolute atomic E-state index is 0.476. The van der Waals surface area contributed by atoms with Crippen LogP contribution in [0, 0.1) is 0 Å². The maximum absolute atomic E-state index is 3.41. The number of halogens is 4. The molecule has 0 rings (SSSR count). The van der Waals surface area contributed by atoms with Crippen LogP contribution in [0.3, 0.4) is 0 Å². The van der Waals surface area contributed by atoms with Crippen LogP contribution in [0.25, 0.3) is 0 Å². The Labute approximate surface area is 89.7 Å². The molecule has 0 bridgehead atoms. The number of hydrogen-bond donors (Lipinski definition) is 0. The molecule has 0 fully saturated rings. The monoisotopic (exact) mass is 384 g/mol. The van der Waals surface area contributed by atoms with Crippen LogP contribution in [0.15, 0.2) is 0 Å². The highest BCUT2D eigenvalue weighted by Crippen LogP contribution is 2.20.